The second-order valence-corrected chi connectivity index (χ2v) is 21.1. The second kappa shape index (κ2) is 26.3. The highest BCUT2D eigenvalue weighted by Crippen LogP contribution is 2.38. The van der Waals surface area contributed by atoms with Crippen LogP contribution in [0, 0.1) is 0 Å². The van der Waals surface area contributed by atoms with E-state index in [0.29, 0.717) is 44.7 Å². The molecule has 20 nitrogen and oxygen atoms in total. The van der Waals surface area contributed by atoms with Gasteiger partial charge in [0, 0.05) is 71.6 Å². The van der Waals surface area contributed by atoms with Crippen LogP contribution >= 0.6 is 69.6 Å². The monoisotopic (exact) mass is 1390 g/mol. The third-order valence-electron chi connectivity index (χ3n) is 12.4. The standard InChI is InChI=1S/C21H13Cl2F3N4O3.C19H9Cl2F3N4O3.C17H7Cl2F3N4O2/c1-2-32-17(31)6-4-11-3-5-13(14(22)7-11)18-28-20(33-29-18)16-10-30-9-12(21(24,25)26)8-15(23)19(30)27-16;20-12-5-9(2-4-15(29)30)1-3-11(12)16-26-18(31-27-16)14-8-28-7-10(19(22,23)24)6-13(21)17(28)25-14;18-11-3-8(7-27)1-2-10(11)14-24-16(28-25-14)13-6-26-5-9(17(20,21)22)4-12(19)15(26)23-13/h3-10H,2H2,1H3;1-8H,(H,29,30);1-7H/b6-4+;4-2+;. The van der Waals surface area contributed by atoms with Crippen LogP contribution in [0.25, 0.3) is 98.0 Å². The van der Waals surface area contributed by atoms with Crippen molar-refractivity contribution in [3.8, 4) is 68.9 Å². The molecule has 9 heterocycles. The van der Waals surface area contributed by atoms with E-state index < -0.39 is 47.2 Å². The van der Waals surface area contributed by atoms with Gasteiger partial charge in [0.15, 0.2) is 16.9 Å². The maximum absolute atomic E-state index is 13.0. The summed E-state index contributed by atoms with van der Waals surface area (Å²) >= 11 is 36.5. The number of aldehydes is 1. The fourth-order valence-electron chi connectivity index (χ4n) is 8.20. The summed E-state index contributed by atoms with van der Waals surface area (Å²) in [5.41, 5.74) is 0.808. The van der Waals surface area contributed by atoms with E-state index in [-0.39, 0.29) is 101 Å². The first kappa shape index (κ1) is 65.3. The SMILES string of the molecule is CCOC(=O)/C=C/c1ccc(-c2noc(-c3cn4cc(C(F)(F)F)cc(Cl)c4n3)n2)c(Cl)c1.O=C(O)/C=C/c1ccc(-c2noc(-c3cn4cc(C(F)(F)F)cc(Cl)c4n3)n2)c(Cl)c1.O=Cc1ccc(-c2noc(-c3cn4cc(C(F)(F)F)cc(Cl)c4n3)n2)c(Cl)c1. The predicted octanol–water partition coefficient (Wildman–Crippen LogP) is 16.6. The molecule has 12 rings (SSSR count). The van der Waals surface area contributed by atoms with Gasteiger partial charge in [-0.2, -0.15) is 54.5 Å². The molecule has 92 heavy (non-hydrogen) atoms. The van der Waals surface area contributed by atoms with E-state index in [1.807, 2.05) is 0 Å². The Kier molecular flexibility index (Phi) is 18.7. The molecule has 0 spiro atoms. The zero-order valence-corrected chi connectivity index (χ0v) is 49.9. The van der Waals surface area contributed by atoms with Crippen molar-refractivity contribution in [2.24, 2.45) is 0 Å². The Morgan fingerprint density at radius 3 is 1.11 bits per heavy atom. The lowest BCUT2D eigenvalue weighted by atomic mass is 10.1. The fraction of sp³-hybridized carbons (Fsp3) is 0.0877. The minimum absolute atomic E-state index is 0.0272. The summed E-state index contributed by atoms with van der Waals surface area (Å²) in [6.07, 6.45) is -1.39. The lowest BCUT2D eigenvalue weighted by Crippen LogP contribution is -2.06. The molecule has 0 unspecified atom stereocenters. The topological polar surface area (TPSA) is 249 Å². The van der Waals surface area contributed by atoms with E-state index in [1.54, 1.807) is 49.4 Å². The molecule has 35 heteroatoms. The van der Waals surface area contributed by atoms with E-state index in [9.17, 15) is 53.9 Å². The van der Waals surface area contributed by atoms with Crippen molar-refractivity contribution in [3.05, 3.63) is 186 Å². The maximum atomic E-state index is 13.0. The third-order valence-corrected chi connectivity index (χ3v) is 14.2. The molecule has 0 aliphatic rings. The Hall–Kier alpha value is -9.65. The number of carbonyl (C=O) groups is 3. The Morgan fingerprint density at radius 1 is 0.478 bits per heavy atom. The van der Waals surface area contributed by atoms with Crippen molar-refractivity contribution in [2.75, 3.05) is 6.61 Å². The number of aromatic nitrogens is 12. The molecule has 0 aliphatic carbocycles. The van der Waals surface area contributed by atoms with Gasteiger partial charge in [-0.15, -0.1) is 0 Å². The Labute approximate surface area is 536 Å². The molecular weight excluding hydrogens is 1360 g/mol. The molecule has 0 saturated carbocycles. The van der Waals surface area contributed by atoms with Gasteiger partial charge in [-0.1, -0.05) is 103 Å². The van der Waals surface area contributed by atoms with Gasteiger partial charge < -0.3 is 36.6 Å². The van der Waals surface area contributed by atoms with Crippen LogP contribution in [0.1, 0.15) is 45.1 Å². The number of ether oxygens (including phenoxy) is 1. The van der Waals surface area contributed by atoms with E-state index in [0.717, 1.165) is 56.1 Å². The molecule has 3 aromatic carbocycles. The minimum atomic E-state index is -4.57. The van der Waals surface area contributed by atoms with Crippen LogP contribution in [0.2, 0.25) is 30.1 Å². The molecule has 0 radical (unpaired) electrons. The summed E-state index contributed by atoms with van der Waals surface area (Å²) in [6.45, 7) is 1.97. The number of esters is 1. The average Bonchev–Trinajstić information content (AvgIpc) is 1.69. The quantitative estimate of drug-likeness (QED) is 0.0516. The molecule has 0 aliphatic heterocycles. The number of carbonyl (C=O) groups excluding carboxylic acids is 2. The van der Waals surface area contributed by atoms with Crippen molar-refractivity contribution in [3.63, 3.8) is 0 Å². The highest BCUT2D eigenvalue weighted by Gasteiger charge is 2.35. The average molecular weight is 1390 g/mol. The summed E-state index contributed by atoms with van der Waals surface area (Å²) in [4.78, 5) is 57.9. The summed E-state index contributed by atoms with van der Waals surface area (Å²) in [6, 6.07) is 16.6. The van der Waals surface area contributed by atoms with Crippen LogP contribution in [-0.4, -0.2) is 88.5 Å². The number of hydrogen-bond acceptors (Lipinski definition) is 16. The molecule has 0 bridgehead atoms. The Morgan fingerprint density at radius 2 is 0.804 bits per heavy atom. The van der Waals surface area contributed by atoms with Gasteiger partial charge in [0.2, 0.25) is 17.5 Å². The van der Waals surface area contributed by atoms with E-state index in [1.165, 1.54) is 48.9 Å². The van der Waals surface area contributed by atoms with Gasteiger partial charge in [-0.05, 0) is 84.8 Å². The summed E-state index contributed by atoms with van der Waals surface area (Å²) < 4.78 is 141. The van der Waals surface area contributed by atoms with Crippen molar-refractivity contribution >= 4 is 117 Å². The van der Waals surface area contributed by atoms with Crippen LogP contribution in [0.5, 0.6) is 0 Å². The number of alkyl halides is 9. The van der Waals surface area contributed by atoms with Gasteiger partial charge in [0.05, 0.1) is 53.4 Å². The molecule has 0 atom stereocenters. The molecule has 0 saturated heterocycles. The summed E-state index contributed by atoms with van der Waals surface area (Å²) in [7, 11) is 0. The Balaban J connectivity index is 0.000000152. The van der Waals surface area contributed by atoms with Gasteiger partial charge in [-0.3, -0.25) is 4.79 Å². The highest BCUT2D eigenvalue weighted by atomic mass is 35.5. The Bertz CT molecular complexity index is 4900. The number of benzene rings is 3. The number of hydrogen-bond donors (Lipinski definition) is 1. The first-order valence-corrected chi connectivity index (χ1v) is 27.7. The van der Waals surface area contributed by atoms with Crippen molar-refractivity contribution in [2.45, 2.75) is 25.5 Å². The number of pyridine rings is 3. The van der Waals surface area contributed by atoms with Crippen molar-refractivity contribution in [1.29, 1.82) is 0 Å². The molecule has 12 aromatic rings. The second-order valence-electron chi connectivity index (χ2n) is 18.7. The number of imidazole rings is 3. The van der Waals surface area contributed by atoms with Crippen LogP contribution in [0.4, 0.5) is 39.5 Å². The smallest absolute Gasteiger partial charge is 0.417 e. The van der Waals surface area contributed by atoms with Crippen molar-refractivity contribution < 1.29 is 77.3 Å². The van der Waals surface area contributed by atoms with Crippen LogP contribution in [0.3, 0.4) is 0 Å². The summed E-state index contributed by atoms with van der Waals surface area (Å²) in [5.74, 6) is -1.28. The number of nitrogens with zero attached hydrogens (tertiary/aromatic N) is 12. The van der Waals surface area contributed by atoms with E-state index in [2.05, 4.69) is 45.4 Å². The predicted molar refractivity (Wildman–Crippen MR) is 315 cm³/mol. The molecule has 470 valence electrons. The first-order valence-electron chi connectivity index (χ1n) is 25.4. The van der Waals surface area contributed by atoms with Crippen LogP contribution in [0.15, 0.2) is 136 Å². The van der Waals surface area contributed by atoms with Gasteiger partial charge >= 0.3 is 30.5 Å². The minimum Gasteiger partial charge on any atom is -0.478 e. The van der Waals surface area contributed by atoms with Gasteiger partial charge in [0.25, 0.3) is 17.7 Å². The zero-order valence-electron chi connectivity index (χ0n) is 45.3. The number of aliphatic carboxylic acids is 1. The lowest BCUT2D eigenvalue weighted by Gasteiger charge is -2.07. The number of carboxylic acid groups (broad SMARTS) is 1. The number of halogens is 15. The fourth-order valence-corrected chi connectivity index (χ4v) is 9.79. The molecule has 0 fully saturated rings. The first-order chi connectivity index (χ1) is 43.5. The maximum Gasteiger partial charge on any atom is 0.417 e. The van der Waals surface area contributed by atoms with E-state index in [4.69, 9.17) is 93.0 Å². The highest BCUT2D eigenvalue weighted by molar-refractivity contribution is 6.35. The van der Waals surface area contributed by atoms with E-state index >= 15 is 0 Å². The zero-order chi connectivity index (χ0) is 66.1. The molecule has 9 aromatic heterocycles. The molecule has 1 N–H and O–H groups in total. The van der Waals surface area contributed by atoms with Gasteiger partial charge in [0.1, 0.15) is 23.4 Å². The summed E-state index contributed by atoms with van der Waals surface area (Å²) in [5, 5.41) is 20.4. The number of fused-ring (bicyclic) bond motifs is 3. The van der Waals surface area contributed by atoms with Crippen LogP contribution < -0.4 is 0 Å². The largest absolute Gasteiger partial charge is 0.478 e. The van der Waals surface area contributed by atoms with Crippen molar-refractivity contribution in [1.82, 2.24) is 58.6 Å². The molecular formula is C57H29Cl6F9N12O8. The number of carboxylic acids is 1. The molecule has 0 amide bonds. The van der Waals surface area contributed by atoms with Gasteiger partial charge in [-0.25, -0.2) is 24.5 Å². The lowest BCUT2D eigenvalue weighted by molar-refractivity contribution is -0.138. The third kappa shape index (κ3) is 14.7. The normalized spacial score (nSPS) is 12.0. The van der Waals surface area contributed by atoms with Crippen LogP contribution in [-0.2, 0) is 32.9 Å². The number of rotatable bonds is 12.